The van der Waals surface area contributed by atoms with Gasteiger partial charge in [-0.05, 0) is 19.4 Å². The van der Waals surface area contributed by atoms with Crippen LogP contribution in [0.5, 0.6) is 0 Å². The van der Waals surface area contributed by atoms with Gasteiger partial charge in [0.2, 0.25) is 0 Å². The predicted octanol–water partition coefficient (Wildman–Crippen LogP) is 2.64. The van der Waals surface area contributed by atoms with Gasteiger partial charge in [0, 0.05) is 25.6 Å². The van der Waals surface area contributed by atoms with Crippen LogP contribution in [0.25, 0.3) is 0 Å². The minimum Gasteiger partial charge on any atom is -0.369 e. The molecule has 0 spiro atoms. The van der Waals surface area contributed by atoms with E-state index in [1.165, 1.54) is 0 Å². The molecule has 0 saturated heterocycles. The summed E-state index contributed by atoms with van der Waals surface area (Å²) in [5.41, 5.74) is 0. The highest BCUT2D eigenvalue weighted by molar-refractivity contribution is 5.01. The molecule has 94 valence electrons. The summed E-state index contributed by atoms with van der Waals surface area (Å²) in [5.74, 6) is 7.29. The lowest BCUT2D eigenvalue weighted by atomic mass is 10.2. The van der Waals surface area contributed by atoms with Crippen LogP contribution in [0.15, 0.2) is 0 Å². The normalized spacial score (nSPS) is 11.0. The molecule has 0 fully saturated rings. The lowest BCUT2D eigenvalue weighted by Crippen LogP contribution is -2.25. The molecule has 0 N–H and O–H groups in total. The third-order valence-corrected chi connectivity index (χ3v) is 2.07. The number of hydrogen-bond donors (Lipinski definition) is 0. The summed E-state index contributed by atoms with van der Waals surface area (Å²) in [7, 11) is 2.17. The maximum Gasteiger partial charge on any atom is 0.107 e. The minimum absolute atomic E-state index is 0.445. The second-order valence-corrected chi connectivity index (χ2v) is 5.04. The zero-order valence-electron chi connectivity index (χ0n) is 11.5. The summed E-state index contributed by atoms with van der Waals surface area (Å²) in [6.07, 6.45) is 1.09. The second-order valence-electron chi connectivity index (χ2n) is 5.04. The molecule has 0 aliphatic heterocycles. The van der Waals surface area contributed by atoms with E-state index in [1.54, 1.807) is 0 Å². The maximum absolute atomic E-state index is 5.44. The standard InChI is InChI=1S/C14H27NO/c1-13(2)8-6-10-16-11-7-9-15(5)12-14(3)4/h13-14H,7,9-12H2,1-5H3. The highest BCUT2D eigenvalue weighted by Crippen LogP contribution is 1.96. The lowest BCUT2D eigenvalue weighted by Gasteiger charge is -2.18. The van der Waals surface area contributed by atoms with Crippen LogP contribution in [0, 0.1) is 23.7 Å². The van der Waals surface area contributed by atoms with E-state index in [-0.39, 0.29) is 0 Å². The van der Waals surface area contributed by atoms with Crippen molar-refractivity contribution in [2.45, 2.75) is 34.1 Å². The number of rotatable bonds is 7. The molecule has 0 saturated carbocycles. The summed E-state index contributed by atoms with van der Waals surface area (Å²) < 4.78 is 5.44. The lowest BCUT2D eigenvalue weighted by molar-refractivity contribution is 0.150. The van der Waals surface area contributed by atoms with Gasteiger partial charge in [-0.25, -0.2) is 0 Å². The molecule has 0 aliphatic carbocycles. The molecule has 0 aromatic heterocycles. The Balaban J connectivity index is 3.31. The first-order valence-corrected chi connectivity index (χ1v) is 6.27. The molecular weight excluding hydrogens is 198 g/mol. The molecule has 16 heavy (non-hydrogen) atoms. The van der Waals surface area contributed by atoms with Gasteiger partial charge >= 0.3 is 0 Å². The smallest absolute Gasteiger partial charge is 0.107 e. The third kappa shape index (κ3) is 11.6. The highest BCUT2D eigenvalue weighted by atomic mass is 16.5. The Morgan fingerprint density at radius 2 is 1.88 bits per heavy atom. The molecule has 0 rings (SSSR count). The second kappa shape index (κ2) is 9.69. The molecule has 0 aromatic carbocycles. The van der Waals surface area contributed by atoms with Crippen molar-refractivity contribution in [3.8, 4) is 11.8 Å². The van der Waals surface area contributed by atoms with Crippen molar-refractivity contribution < 1.29 is 4.74 Å². The maximum atomic E-state index is 5.44. The first-order valence-electron chi connectivity index (χ1n) is 6.27. The van der Waals surface area contributed by atoms with Crippen molar-refractivity contribution in [1.29, 1.82) is 0 Å². The topological polar surface area (TPSA) is 12.5 Å². The molecule has 0 heterocycles. The molecule has 0 aliphatic rings. The number of hydrogen-bond acceptors (Lipinski definition) is 2. The van der Waals surface area contributed by atoms with Crippen LogP contribution in [0.2, 0.25) is 0 Å². The van der Waals surface area contributed by atoms with Gasteiger partial charge in [0.25, 0.3) is 0 Å². The van der Waals surface area contributed by atoms with Gasteiger partial charge in [0.1, 0.15) is 6.61 Å². The highest BCUT2D eigenvalue weighted by Gasteiger charge is 2.00. The average molecular weight is 225 g/mol. The summed E-state index contributed by atoms with van der Waals surface area (Å²) in [4.78, 5) is 2.35. The van der Waals surface area contributed by atoms with Gasteiger partial charge in [0.15, 0.2) is 0 Å². The van der Waals surface area contributed by atoms with Crippen molar-refractivity contribution in [3.63, 3.8) is 0 Å². The van der Waals surface area contributed by atoms with Crippen LogP contribution in [-0.2, 0) is 4.74 Å². The van der Waals surface area contributed by atoms with Crippen LogP contribution in [0.4, 0.5) is 0 Å². The van der Waals surface area contributed by atoms with Crippen LogP contribution in [0.3, 0.4) is 0 Å². The van der Waals surface area contributed by atoms with E-state index in [0.717, 1.165) is 32.0 Å². The zero-order valence-corrected chi connectivity index (χ0v) is 11.5. The fraction of sp³-hybridized carbons (Fsp3) is 0.857. The van der Waals surface area contributed by atoms with E-state index in [2.05, 4.69) is 51.5 Å². The molecular formula is C14H27NO. The number of nitrogens with zero attached hydrogens (tertiary/aromatic N) is 1. The van der Waals surface area contributed by atoms with Gasteiger partial charge in [-0.15, -0.1) is 0 Å². The van der Waals surface area contributed by atoms with Crippen molar-refractivity contribution in [2.24, 2.45) is 11.8 Å². The van der Waals surface area contributed by atoms with E-state index in [4.69, 9.17) is 4.74 Å². The largest absolute Gasteiger partial charge is 0.369 e. The Morgan fingerprint density at radius 1 is 1.19 bits per heavy atom. The SMILES string of the molecule is CC(C)C#CCOCCCN(C)CC(C)C. The van der Waals surface area contributed by atoms with Gasteiger partial charge < -0.3 is 9.64 Å². The van der Waals surface area contributed by atoms with Crippen LogP contribution in [0.1, 0.15) is 34.1 Å². The Bertz CT molecular complexity index is 213. The quantitative estimate of drug-likeness (QED) is 0.488. The Labute approximate surface area is 101 Å². The zero-order chi connectivity index (χ0) is 12.4. The predicted molar refractivity (Wildman–Crippen MR) is 70.4 cm³/mol. The summed E-state index contributed by atoms with van der Waals surface area (Å²) >= 11 is 0. The first-order chi connectivity index (χ1) is 7.52. The monoisotopic (exact) mass is 225 g/mol. The molecule has 0 atom stereocenters. The third-order valence-electron chi connectivity index (χ3n) is 2.07. The van der Waals surface area contributed by atoms with Crippen molar-refractivity contribution in [2.75, 3.05) is 33.4 Å². The van der Waals surface area contributed by atoms with Crippen molar-refractivity contribution in [1.82, 2.24) is 4.90 Å². The van der Waals surface area contributed by atoms with E-state index in [0.29, 0.717) is 12.5 Å². The van der Waals surface area contributed by atoms with Crippen molar-refractivity contribution in [3.05, 3.63) is 0 Å². The van der Waals surface area contributed by atoms with Gasteiger partial charge in [0.05, 0.1) is 0 Å². The summed E-state index contributed by atoms with van der Waals surface area (Å²) in [6.45, 7) is 12.3. The molecule has 2 nitrogen and oxygen atoms in total. The molecule has 0 amide bonds. The Hall–Kier alpha value is -0.520. The van der Waals surface area contributed by atoms with E-state index < -0.39 is 0 Å². The fourth-order valence-corrected chi connectivity index (χ4v) is 1.52. The van der Waals surface area contributed by atoms with E-state index in [9.17, 15) is 0 Å². The van der Waals surface area contributed by atoms with Crippen LogP contribution >= 0.6 is 0 Å². The fourth-order valence-electron chi connectivity index (χ4n) is 1.52. The molecule has 0 radical (unpaired) electrons. The van der Waals surface area contributed by atoms with Gasteiger partial charge in [-0.3, -0.25) is 0 Å². The first kappa shape index (κ1) is 15.5. The van der Waals surface area contributed by atoms with Crippen LogP contribution in [-0.4, -0.2) is 38.3 Å². The minimum atomic E-state index is 0.445. The molecule has 0 unspecified atom stereocenters. The molecule has 0 bridgehead atoms. The molecule has 0 aromatic rings. The molecule has 2 heteroatoms. The van der Waals surface area contributed by atoms with Gasteiger partial charge in [-0.2, -0.15) is 0 Å². The number of ether oxygens (including phenoxy) is 1. The van der Waals surface area contributed by atoms with E-state index in [1.807, 2.05) is 0 Å². The average Bonchev–Trinajstić information content (AvgIpc) is 2.14. The van der Waals surface area contributed by atoms with Crippen molar-refractivity contribution >= 4 is 0 Å². The van der Waals surface area contributed by atoms with E-state index >= 15 is 0 Å². The van der Waals surface area contributed by atoms with Crippen LogP contribution < -0.4 is 0 Å². The van der Waals surface area contributed by atoms with Gasteiger partial charge in [-0.1, -0.05) is 39.5 Å². The summed E-state index contributed by atoms with van der Waals surface area (Å²) in [6, 6.07) is 0. The Morgan fingerprint density at radius 3 is 2.44 bits per heavy atom. The Kier molecular flexibility index (Phi) is 9.37. The summed E-state index contributed by atoms with van der Waals surface area (Å²) in [5, 5.41) is 0.